The van der Waals surface area contributed by atoms with Crippen molar-refractivity contribution in [1.29, 1.82) is 0 Å². The highest BCUT2D eigenvalue weighted by atomic mass is 16.0. The summed E-state index contributed by atoms with van der Waals surface area (Å²) in [6.45, 7) is 5.00. The van der Waals surface area contributed by atoms with Crippen molar-refractivity contribution in [2.45, 2.75) is 25.7 Å². The van der Waals surface area contributed by atoms with Crippen LogP contribution in [0.4, 0.5) is 0 Å². The molecule has 0 amide bonds. The minimum atomic E-state index is 0. The fourth-order valence-electron chi connectivity index (χ4n) is 1.25. The third-order valence-electron chi connectivity index (χ3n) is 1.91. The second-order valence-corrected chi connectivity index (χ2v) is 2.91. The van der Waals surface area contributed by atoms with E-state index >= 15 is 0 Å². The molecular formula is C8H20N2O. The third kappa shape index (κ3) is 6.28. The van der Waals surface area contributed by atoms with Crippen LogP contribution < -0.4 is 10.6 Å². The molecule has 2 saturated heterocycles. The highest BCUT2D eigenvalue weighted by Gasteiger charge is 1.93. The maximum Gasteiger partial charge on any atom is -0.00484 e. The monoisotopic (exact) mass is 160 g/mol. The average Bonchev–Trinajstić information content (AvgIpc) is 2.67. The Balaban J connectivity index is 0.000000167. The Bertz CT molecular complexity index is 45.3. The molecule has 68 valence electrons. The molecule has 4 N–H and O–H groups in total. The Morgan fingerprint density at radius 1 is 0.545 bits per heavy atom. The Morgan fingerprint density at radius 2 is 0.818 bits per heavy atom. The van der Waals surface area contributed by atoms with Crippen LogP contribution in [0.25, 0.3) is 0 Å². The lowest BCUT2D eigenvalue weighted by Crippen LogP contribution is -2.03. The Morgan fingerprint density at radius 3 is 0.909 bits per heavy atom. The normalized spacial score (nSPS) is 21.8. The fourth-order valence-corrected chi connectivity index (χ4v) is 1.25. The zero-order chi connectivity index (χ0) is 7.07. The van der Waals surface area contributed by atoms with Crippen molar-refractivity contribution in [3.63, 3.8) is 0 Å². The lowest BCUT2D eigenvalue weighted by atomic mass is 10.4. The van der Waals surface area contributed by atoms with Gasteiger partial charge in [-0.05, 0) is 51.9 Å². The molecule has 0 unspecified atom stereocenters. The molecule has 0 aliphatic carbocycles. The number of nitrogens with one attached hydrogen (secondary N) is 2. The van der Waals surface area contributed by atoms with Crippen molar-refractivity contribution >= 4 is 0 Å². The summed E-state index contributed by atoms with van der Waals surface area (Å²) in [4.78, 5) is 0. The Kier molecular flexibility index (Phi) is 7.89. The summed E-state index contributed by atoms with van der Waals surface area (Å²) < 4.78 is 0. The largest absolute Gasteiger partial charge is 0.412 e. The van der Waals surface area contributed by atoms with Gasteiger partial charge in [-0.3, -0.25) is 0 Å². The van der Waals surface area contributed by atoms with Gasteiger partial charge in [0.05, 0.1) is 0 Å². The minimum Gasteiger partial charge on any atom is -0.412 e. The Hall–Kier alpha value is -0.120. The van der Waals surface area contributed by atoms with Gasteiger partial charge in [0.2, 0.25) is 0 Å². The first-order valence-corrected chi connectivity index (χ1v) is 4.41. The van der Waals surface area contributed by atoms with Gasteiger partial charge in [0.25, 0.3) is 0 Å². The molecule has 2 heterocycles. The molecule has 0 aromatic carbocycles. The van der Waals surface area contributed by atoms with Gasteiger partial charge >= 0.3 is 0 Å². The van der Waals surface area contributed by atoms with E-state index in [2.05, 4.69) is 10.6 Å². The van der Waals surface area contributed by atoms with E-state index < -0.39 is 0 Å². The molecule has 0 spiro atoms. The van der Waals surface area contributed by atoms with E-state index in [0.29, 0.717) is 0 Å². The standard InChI is InChI=1S/2C4H9N.H2O/c2*1-2-4-5-3-1;/h2*5H,1-4H2;1H2. The molecule has 2 aliphatic rings. The zero-order valence-electron chi connectivity index (χ0n) is 7.16. The van der Waals surface area contributed by atoms with Crippen molar-refractivity contribution in [3.8, 4) is 0 Å². The van der Waals surface area contributed by atoms with E-state index in [0.717, 1.165) is 0 Å². The second kappa shape index (κ2) is 7.98. The van der Waals surface area contributed by atoms with Crippen molar-refractivity contribution in [1.82, 2.24) is 10.6 Å². The molecule has 0 saturated carbocycles. The summed E-state index contributed by atoms with van der Waals surface area (Å²) in [5.41, 5.74) is 0. The summed E-state index contributed by atoms with van der Waals surface area (Å²) >= 11 is 0. The molecule has 2 fully saturated rings. The van der Waals surface area contributed by atoms with Gasteiger partial charge in [-0.15, -0.1) is 0 Å². The topological polar surface area (TPSA) is 55.6 Å². The van der Waals surface area contributed by atoms with Gasteiger partial charge in [-0.2, -0.15) is 0 Å². The molecule has 2 aliphatic heterocycles. The molecule has 0 aromatic heterocycles. The first-order chi connectivity index (χ1) is 5.00. The summed E-state index contributed by atoms with van der Waals surface area (Å²) in [6, 6.07) is 0. The summed E-state index contributed by atoms with van der Waals surface area (Å²) in [5.74, 6) is 0. The van der Waals surface area contributed by atoms with Gasteiger partial charge in [0.1, 0.15) is 0 Å². The molecular weight excluding hydrogens is 140 g/mol. The SMILES string of the molecule is C1CCNC1.C1CCNC1.O. The molecule has 3 heteroatoms. The van der Waals surface area contributed by atoms with Crippen LogP contribution in [-0.4, -0.2) is 31.7 Å². The summed E-state index contributed by atoms with van der Waals surface area (Å²) in [7, 11) is 0. The number of hydrogen-bond donors (Lipinski definition) is 2. The van der Waals surface area contributed by atoms with Crippen molar-refractivity contribution in [2.75, 3.05) is 26.2 Å². The first kappa shape index (κ1) is 10.9. The smallest absolute Gasteiger partial charge is 0.00484 e. The molecule has 11 heavy (non-hydrogen) atoms. The van der Waals surface area contributed by atoms with E-state index in [4.69, 9.17) is 0 Å². The van der Waals surface area contributed by atoms with Gasteiger partial charge in [0, 0.05) is 0 Å². The number of hydrogen-bond acceptors (Lipinski definition) is 2. The second-order valence-electron chi connectivity index (χ2n) is 2.91. The van der Waals surface area contributed by atoms with E-state index in [-0.39, 0.29) is 5.48 Å². The van der Waals surface area contributed by atoms with E-state index in [1.165, 1.54) is 51.9 Å². The van der Waals surface area contributed by atoms with Crippen LogP contribution in [0.15, 0.2) is 0 Å². The molecule has 0 atom stereocenters. The predicted octanol–water partition coefficient (Wildman–Crippen LogP) is -0.0851. The van der Waals surface area contributed by atoms with Crippen LogP contribution in [0.5, 0.6) is 0 Å². The van der Waals surface area contributed by atoms with Gasteiger partial charge in [-0.25, -0.2) is 0 Å². The van der Waals surface area contributed by atoms with Gasteiger partial charge in [-0.1, -0.05) is 0 Å². The minimum absolute atomic E-state index is 0. The lowest BCUT2D eigenvalue weighted by Gasteiger charge is -1.76. The average molecular weight is 160 g/mol. The quantitative estimate of drug-likeness (QED) is 0.520. The third-order valence-corrected chi connectivity index (χ3v) is 1.91. The molecule has 3 nitrogen and oxygen atoms in total. The zero-order valence-corrected chi connectivity index (χ0v) is 7.16. The van der Waals surface area contributed by atoms with Gasteiger partial charge < -0.3 is 16.1 Å². The molecule has 0 bridgehead atoms. The van der Waals surface area contributed by atoms with E-state index in [9.17, 15) is 0 Å². The maximum absolute atomic E-state index is 3.22. The highest BCUT2D eigenvalue weighted by molar-refractivity contribution is 4.56. The van der Waals surface area contributed by atoms with Crippen LogP contribution in [-0.2, 0) is 0 Å². The van der Waals surface area contributed by atoms with E-state index in [1.807, 2.05) is 0 Å². The maximum atomic E-state index is 3.22. The number of rotatable bonds is 0. The Labute approximate surface area is 68.9 Å². The van der Waals surface area contributed by atoms with Crippen LogP contribution in [0.3, 0.4) is 0 Å². The van der Waals surface area contributed by atoms with Crippen LogP contribution >= 0.6 is 0 Å². The molecule has 0 radical (unpaired) electrons. The molecule has 0 aromatic rings. The summed E-state index contributed by atoms with van der Waals surface area (Å²) in [5, 5.41) is 6.44. The van der Waals surface area contributed by atoms with Crippen molar-refractivity contribution in [2.24, 2.45) is 0 Å². The predicted molar refractivity (Wildman–Crippen MR) is 47.8 cm³/mol. The van der Waals surface area contributed by atoms with Crippen LogP contribution in [0, 0.1) is 0 Å². The van der Waals surface area contributed by atoms with Crippen LogP contribution in [0.1, 0.15) is 25.7 Å². The van der Waals surface area contributed by atoms with Crippen molar-refractivity contribution < 1.29 is 5.48 Å². The molecule has 2 rings (SSSR count). The first-order valence-electron chi connectivity index (χ1n) is 4.41. The lowest BCUT2D eigenvalue weighted by molar-refractivity contribution is 0.824. The van der Waals surface area contributed by atoms with Crippen molar-refractivity contribution in [3.05, 3.63) is 0 Å². The highest BCUT2D eigenvalue weighted by Crippen LogP contribution is 1.90. The van der Waals surface area contributed by atoms with Crippen LogP contribution in [0.2, 0.25) is 0 Å². The summed E-state index contributed by atoms with van der Waals surface area (Å²) in [6.07, 6.45) is 5.56. The van der Waals surface area contributed by atoms with Gasteiger partial charge in [0.15, 0.2) is 0 Å². The fraction of sp³-hybridized carbons (Fsp3) is 1.00. The van der Waals surface area contributed by atoms with E-state index in [1.54, 1.807) is 0 Å².